The summed E-state index contributed by atoms with van der Waals surface area (Å²) >= 11 is 0. The topological polar surface area (TPSA) is 77.2 Å². The lowest BCUT2D eigenvalue weighted by molar-refractivity contribution is 0.230. The van der Waals surface area contributed by atoms with Crippen LogP contribution in [0.15, 0.2) is 40.9 Å². The van der Waals surface area contributed by atoms with Crippen LogP contribution in [0.3, 0.4) is 0 Å². The van der Waals surface area contributed by atoms with Crippen LogP contribution in [0, 0.1) is 6.92 Å². The first kappa shape index (κ1) is 15.3. The van der Waals surface area contributed by atoms with E-state index in [4.69, 9.17) is 9.26 Å². The van der Waals surface area contributed by atoms with Crippen LogP contribution >= 0.6 is 0 Å². The van der Waals surface area contributed by atoms with Crippen molar-refractivity contribution in [1.82, 2.24) is 20.3 Å². The fourth-order valence-electron chi connectivity index (χ4n) is 3.92. The van der Waals surface area contributed by atoms with Crippen LogP contribution in [-0.2, 0) is 5.41 Å². The Balaban J connectivity index is 1.32. The van der Waals surface area contributed by atoms with Crippen molar-refractivity contribution in [3.8, 4) is 17.3 Å². The largest absolute Gasteiger partial charge is 0.492 e. The highest BCUT2D eigenvalue weighted by Crippen LogP contribution is 2.45. The van der Waals surface area contributed by atoms with E-state index >= 15 is 0 Å². The number of para-hydroxylation sites is 1. The average molecular weight is 349 g/mol. The Hall–Kier alpha value is -2.96. The molecule has 4 heterocycles. The molecule has 0 atom stereocenters. The first-order chi connectivity index (χ1) is 12.7. The van der Waals surface area contributed by atoms with Crippen LogP contribution < -0.4 is 9.64 Å². The highest BCUT2D eigenvalue weighted by atomic mass is 16.5. The molecule has 0 N–H and O–H groups in total. The molecule has 7 nitrogen and oxygen atoms in total. The second-order valence-electron chi connectivity index (χ2n) is 6.97. The maximum atomic E-state index is 5.93. The van der Waals surface area contributed by atoms with Gasteiger partial charge in [0, 0.05) is 31.0 Å². The van der Waals surface area contributed by atoms with Gasteiger partial charge in [0.25, 0.3) is 0 Å². The third-order valence-electron chi connectivity index (χ3n) is 5.41. The molecule has 2 aromatic heterocycles. The zero-order valence-corrected chi connectivity index (χ0v) is 14.6. The predicted octanol–water partition coefficient (Wildman–Crippen LogP) is 2.77. The molecular weight excluding hydrogens is 330 g/mol. The van der Waals surface area contributed by atoms with Crippen LogP contribution in [0.25, 0.3) is 11.5 Å². The molecular formula is C19H19N5O2. The molecule has 1 aromatic carbocycles. The van der Waals surface area contributed by atoms with Gasteiger partial charge in [-0.1, -0.05) is 23.4 Å². The van der Waals surface area contributed by atoms with Crippen LogP contribution in [0.4, 0.5) is 5.82 Å². The van der Waals surface area contributed by atoms with Gasteiger partial charge in [-0.3, -0.25) is 0 Å². The summed E-state index contributed by atoms with van der Waals surface area (Å²) in [6.07, 6.45) is 2.11. The molecule has 0 bridgehead atoms. The monoisotopic (exact) mass is 349 g/mol. The molecule has 0 aliphatic carbocycles. The second kappa shape index (κ2) is 5.79. The first-order valence-electron chi connectivity index (χ1n) is 8.85. The highest BCUT2D eigenvalue weighted by Gasteiger charge is 2.43. The standard InChI is InChI=1S/C19H19N5O2/c1-13-20-18(23-26-13)15-6-7-17(22-21-15)24-10-8-19(9-11-24)12-25-16-5-3-2-4-14(16)19/h2-7H,8-12H2,1H3. The van der Waals surface area contributed by atoms with Gasteiger partial charge in [-0.15, -0.1) is 10.2 Å². The molecule has 5 rings (SSSR count). The number of piperidine rings is 1. The number of nitrogens with zero attached hydrogens (tertiary/aromatic N) is 5. The van der Waals surface area contributed by atoms with Crippen molar-refractivity contribution in [3.05, 3.63) is 47.9 Å². The Bertz CT molecular complexity index is 929. The molecule has 0 unspecified atom stereocenters. The molecule has 0 radical (unpaired) electrons. The van der Waals surface area contributed by atoms with Gasteiger partial charge in [-0.05, 0) is 31.0 Å². The van der Waals surface area contributed by atoms with E-state index in [0.29, 0.717) is 17.4 Å². The molecule has 0 amide bonds. The lowest BCUT2D eigenvalue weighted by Gasteiger charge is -2.38. The number of hydrogen-bond donors (Lipinski definition) is 0. The lowest BCUT2D eigenvalue weighted by atomic mass is 9.74. The molecule has 1 saturated heterocycles. The van der Waals surface area contributed by atoms with Crippen LogP contribution in [-0.4, -0.2) is 40.0 Å². The van der Waals surface area contributed by atoms with E-state index in [9.17, 15) is 0 Å². The van der Waals surface area contributed by atoms with E-state index in [1.54, 1.807) is 6.92 Å². The summed E-state index contributed by atoms with van der Waals surface area (Å²) in [5.74, 6) is 2.92. The van der Waals surface area contributed by atoms with Crippen LogP contribution in [0.1, 0.15) is 24.3 Å². The zero-order valence-electron chi connectivity index (χ0n) is 14.6. The Labute approximate surface area is 151 Å². The maximum Gasteiger partial charge on any atom is 0.223 e. The summed E-state index contributed by atoms with van der Waals surface area (Å²) < 4.78 is 10.9. The summed E-state index contributed by atoms with van der Waals surface area (Å²) in [5, 5.41) is 12.5. The van der Waals surface area contributed by atoms with Gasteiger partial charge in [-0.2, -0.15) is 4.98 Å². The minimum atomic E-state index is 0.141. The van der Waals surface area contributed by atoms with Crippen LogP contribution in [0.5, 0.6) is 5.75 Å². The Morgan fingerprint density at radius 1 is 1.04 bits per heavy atom. The van der Waals surface area contributed by atoms with Gasteiger partial charge in [0.2, 0.25) is 11.7 Å². The number of anilines is 1. The number of aryl methyl sites for hydroxylation is 1. The van der Waals surface area contributed by atoms with Crippen LogP contribution in [0.2, 0.25) is 0 Å². The Morgan fingerprint density at radius 3 is 2.62 bits per heavy atom. The average Bonchev–Trinajstić information content (AvgIpc) is 3.28. The molecule has 2 aliphatic rings. The number of fused-ring (bicyclic) bond motifs is 2. The fourth-order valence-corrected chi connectivity index (χ4v) is 3.92. The lowest BCUT2D eigenvalue weighted by Crippen LogP contribution is -2.44. The molecule has 2 aliphatic heterocycles. The predicted molar refractivity (Wildman–Crippen MR) is 95.1 cm³/mol. The summed E-state index contributed by atoms with van der Waals surface area (Å²) in [4.78, 5) is 6.47. The van der Waals surface area contributed by atoms with Gasteiger partial charge < -0.3 is 14.2 Å². The van der Waals surface area contributed by atoms with E-state index < -0.39 is 0 Å². The highest BCUT2D eigenvalue weighted by molar-refractivity contribution is 5.51. The SMILES string of the molecule is Cc1nc(-c2ccc(N3CCC4(CC3)COc3ccccc34)nn2)no1. The zero-order chi connectivity index (χ0) is 17.6. The van der Waals surface area contributed by atoms with E-state index in [-0.39, 0.29) is 5.41 Å². The van der Waals surface area contributed by atoms with E-state index in [1.165, 1.54) is 5.56 Å². The van der Waals surface area contributed by atoms with E-state index in [2.05, 4.69) is 43.4 Å². The van der Waals surface area contributed by atoms with Gasteiger partial charge >= 0.3 is 0 Å². The summed E-state index contributed by atoms with van der Waals surface area (Å²) in [7, 11) is 0. The number of benzene rings is 1. The van der Waals surface area contributed by atoms with Gasteiger partial charge in [0.05, 0.1) is 6.61 Å². The minimum Gasteiger partial charge on any atom is -0.492 e. The second-order valence-corrected chi connectivity index (χ2v) is 6.97. The number of hydrogen-bond acceptors (Lipinski definition) is 7. The minimum absolute atomic E-state index is 0.141. The number of rotatable bonds is 2. The third-order valence-corrected chi connectivity index (χ3v) is 5.41. The van der Waals surface area contributed by atoms with Crippen molar-refractivity contribution >= 4 is 5.82 Å². The molecule has 1 fully saturated rings. The molecule has 7 heteroatoms. The van der Waals surface area contributed by atoms with Crippen molar-refractivity contribution in [2.75, 3.05) is 24.6 Å². The normalized spacial score (nSPS) is 18.0. The summed E-state index contributed by atoms with van der Waals surface area (Å²) in [6.45, 7) is 4.41. The quantitative estimate of drug-likeness (QED) is 0.704. The fraction of sp³-hybridized carbons (Fsp3) is 0.368. The number of ether oxygens (including phenoxy) is 1. The van der Waals surface area contributed by atoms with Gasteiger partial charge in [-0.25, -0.2) is 0 Å². The van der Waals surface area contributed by atoms with Gasteiger partial charge in [0.1, 0.15) is 11.4 Å². The summed E-state index contributed by atoms with van der Waals surface area (Å²) in [6, 6.07) is 12.3. The van der Waals surface area contributed by atoms with Crippen molar-refractivity contribution in [2.24, 2.45) is 0 Å². The maximum absolute atomic E-state index is 5.93. The van der Waals surface area contributed by atoms with Crippen molar-refractivity contribution in [1.29, 1.82) is 0 Å². The molecule has 0 saturated carbocycles. The molecule has 3 aromatic rings. The van der Waals surface area contributed by atoms with Crippen molar-refractivity contribution in [2.45, 2.75) is 25.2 Å². The number of aromatic nitrogens is 4. The summed E-state index contributed by atoms with van der Waals surface area (Å²) in [5.41, 5.74) is 2.12. The van der Waals surface area contributed by atoms with E-state index in [0.717, 1.165) is 44.1 Å². The molecule has 26 heavy (non-hydrogen) atoms. The molecule has 132 valence electrons. The van der Waals surface area contributed by atoms with Crippen molar-refractivity contribution < 1.29 is 9.26 Å². The Kier molecular flexibility index (Phi) is 3.41. The van der Waals surface area contributed by atoms with Gasteiger partial charge in [0.15, 0.2) is 5.82 Å². The smallest absolute Gasteiger partial charge is 0.223 e. The third kappa shape index (κ3) is 2.42. The first-order valence-corrected chi connectivity index (χ1v) is 8.85. The van der Waals surface area contributed by atoms with Crippen molar-refractivity contribution in [3.63, 3.8) is 0 Å². The molecule has 1 spiro atoms. The Morgan fingerprint density at radius 2 is 1.88 bits per heavy atom. The van der Waals surface area contributed by atoms with E-state index in [1.807, 2.05) is 18.2 Å².